The zero-order valence-electron chi connectivity index (χ0n) is 14.8. The minimum Gasteiger partial charge on any atom is -0.468 e. The number of ether oxygens (including phenoxy) is 1. The molecular formula is C18H22N6O2. The first-order valence-corrected chi connectivity index (χ1v) is 8.64. The summed E-state index contributed by atoms with van der Waals surface area (Å²) in [5.41, 5.74) is 9.90. The molecule has 8 nitrogen and oxygen atoms in total. The minimum atomic E-state index is -0.243. The molecule has 1 fully saturated rings. The smallest absolute Gasteiger partial charge is 0.322 e. The molecule has 1 aliphatic heterocycles. The van der Waals surface area contributed by atoms with E-state index < -0.39 is 0 Å². The van der Waals surface area contributed by atoms with Crippen molar-refractivity contribution < 1.29 is 9.53 Å². The van der Waals surface area contributed by atoms with Crippen LogP contribution in [0, 0.1) is 0 Å². The second-order valence-electron chi connectivity index (χ2n) is 6.72. The topological polar surface area (TPSA) is 99.5 Å². The number of nitrogen functional groups attached to an aromatic ring is 1. The number of esters is 1. The summed E-state index contributed by atoms with van der Waals surface area (Å²) in [4.78, 5) is 16.5. The van der Waals surface area contributed by atoms with Gasteiger partial charge in [0.15, 0.2) is 5.65 Å². The summed E-state index contributed by atoms with van der Waals surface area (Å²) in [7, 11) is 3.39. The maximum absolute atomic E-state index is 11.7. The fourth-order valence-corrected chi connectivity index (χ4v) is 3.53. The molecule has 1 aliphatic rings. The highest BCUT2D eigenvalue weighted by atomic mass is 16.5. The van der Waals surface area contributed by atoms with E-state index in [1.165, 1.54) is 7.11 Å². The third-order valence-corrected chi connectivity index (χ3v) is 4.98. The molecule has 0 aromatic carbocycles. The molecule has 3 aromatic rings. The quantitative estimate of drug-likeness (QED) is 0.688. The lowest BCUT2D eigenvalue weighted by molar-refractivity contribution is -0.143. The first kappa shape index (κ1) is 16.6. The van der Waals surface area contributed by atoms with Crippen LogP contribution in [0.1, 0.15) is 24.5 Å². The largest absolute Gasteiger partial charge is 0.468 e. The summed E-state index contributed by atoms with van der Waals surface area (Å²) < 4.78 is 8.47. The maximum Gasteiger partial charge on any atom is 0.322 e. The molecular weight excluding hydrogens is 332 g/mol. The third-order valence-electron chi connectivity index (χ3n) is 4.98. The van der Waals surface area contributed by atoms with Gasteiger partial charge in [0.05, 0.1) is 19.0 Å². The second-order valence-corrected chi connectivity index (χ2v) is 6.72. The summed E-state index contributed by atoms with van der Waals surface area (Å²) in [5, 5.41) is 7.63. The molecule has 0 spiro atoms. The van der Waals surface area contributed by atoms with Crippen molar-refractivity contribution >= 4 is 17.4 Å². The Morgan fingerprint density at radius 1 is 1.42 bits per heavy atom. The molecule has 3 aromatic heterocycles. The number of anilines is 1. The number of rotatable bonds is 3. The molecule has 0 radical (unpaired) electrons. The van der Waals surface area contributed by atoms with Gasteiger partial charge in [-0.05, 0) is 18.9 Å². The van der Waals surface area contributed by atoms with Gasteiger partial charge in [0, 0.05) is 49.1 Å². The number of piperidine rings is 1. The number of nitrogens with zero attached hydrogens (tertiary/aromatic N) is 4. The van der Waals surface area contributed by atoms with E-state index in [-0.39, 0.29) is 17.9 Å². The Bertz CT molecular complexity index is 952. The Morgan fingerprint density at radius 3 is 2.92 bits per heavy atom. The Kier molecular flexibility index (Phi) is 4.12. The number of hydrogen-bond acceptors (Lipinski definition) is 6. The lowest BCUT2D eigenvalue weighted by Crippen LogP contribution is -2.44. The summed E-state index contributed by atoms with van der Waals surface area (Å²) in [6, 6.07) is 3.66. The van der Waals surface area contributed by atoms with E-state index in [1.54, 1.807) is 10.7 Å². The lowest BCUT2D eigenvalue weighted by atomic mass is 9.92. The number of carbonyl (C=O) groups excluding carboxylic acids is 1. The molecule has 2 unspecified atom stereocenters. The monoisotopic (exact) mass is 354 g/mol. The van der Waals surface area contributed by atoms with Crippen molar-refractivity contribution in [1.29, 1.82) is 0 Å². The standard InChI is InChI=1S/C18H22N6O2/c1-23-6-5-12(10-23)13-9-21-24-16(19)7-15(22-17(13)24)11-3-4-14(20-8-11)18(25)26-2/h5-7,9-11,14,20H,3-4,8,19H2,1-2H3. The first-order valence-electron chi connectivity index (χ1n) is 8.64. The molecule has 2 atom stereocenters. The van der Waals surface area contributed by atoms with Crippen molar-refractivity contribution in [2.45, 2.75) is 24.8 Å². The van der Waals surface area contributed by atoms with Crippen molar-refractivity contribution in [3.8, 4) is 11.1 Å². The number of nitrogens with two attached hydrogens (primary N) is 1. The Balaban J connectivity index is 1.66. The zero-order valence-corrected chi connectivity index (χ0v) is 14.8. The van der Waals surface area contributed by atoms with Crippen LogP contribution < -0.4 is 11.1 Å². The van der Waals surface area contributed by atoms with E-state index in [1.807, 2.05) is 36.1 Å². The van der Waals surface area contributed by atoms with E-state index in [0.29, 0.717) is 12.4 Å². The highest BCUT2D eigenvalue weighted by Gasteiger charge is 2.28. The molecule has 1 saturated heterocycles. The number of aromatic nitrogens is 4. The molecule has 136 valence electrons. The molecule has 3 N–H and O–H groups in total. The molecule has 0 aliphatic carbocycles. The van der Waals surface area contributed by atoms with E-state index in [0.717, 1.165) is 35.3 Å². The van der Waals surface area contributed by atoms with Gasteiger partial charge in [-0.3, -0.25) is 4.79 Å². The van der Waals surface area contributed by atoms with Crippen molar-refractivity contribution in [1.82, 2.24) is 24.5 Å². The van der Waals surface area contributed by atoms with Crippen LogP contribution in [0.3, 0.4) is 0 Å². The lowest BCUT2D eigenvalue weighted by Gasteiger charge is -2.28. The average molecular weight is 354 g/mol. The summed E-state index contributed by atoms with van der Waals surface area (Å²) in [5.74, 6) is 0.539. The predicted octanol–water partition coefficient (Wildman–Crippen LogP) is 1.33. The normalized spacial score (nSPS) is 20.4. The SMILES string of the molecule is COC(=O)C1CCC(c2cc(N)n3ncc(-c4ccn(C)c4)c3n2)CN1. The van der Waals surface area contributed by atoms with Gasteiger partial charge in [-0.25, -0.2) is 4.98 Å². The summed E-state index contributed by atoms with van der Waals surface area (Å²) in [6.07, 6.45) is 7.39. The molecule has 26 heavy (non-hydrogen) atoms. The highest BCUT2D eigenvalue weighted by Crippen LogP contribution is 2.29. The van der Waals surface area contributed by atoms with Crippen LogP contribution in [-0.2, 0) is 16.6 Å². The van der Waals surface area contributed by atoms with Crippen molar-refractivity contribution in [3.63, 3.8) is 0 Å². The van der Waals surface area contributed by atoms with Crippen LogP contribution in [0.4, 0.5) is 5.82 Å². The van der Waals surface area contributed by atoms with Gasteiger partial charge in [0.25, 0.3) is 0 Å². The minimum absolute atomic E-state index is 0.196. The molecule has 4 rings (SSSR count). The van der Waals surface area contributed by atoms with E-state index in [4.69, 9.17) is 15.5 Å². The number of hydrogen-bond donors (Lipinski definition) is 2. The van der Waals surface area contributed by atoms with Gasteiger partial charge in [0.2, 0.25) is 0 Å². The predicted molar refractivity (Wildman–Crippen MR) is 97.6 cm³/mol. The summed E-state index contributed by atoms with van der Waals surface area (Å²) in [6.45, 7) is 0.664. The van der Waals surface area contributed by atoms with Gasteiger partial charge < -0.3 is 20.4 Å². The first-order chi connectivity index (χ1) is 12.6. The maximum atomic E-state index is 11.7. The van der Waals surface area contributed by atoms with Gasteiger partial charge in [0.1, 0.15) is 11.9 Å². The van der Waals surface area contributed by atoms with Crippen molar-refractivity contribution in [3.05, 3.63) is 36.4 Å². The van der Waals surface area contributed by atoms with Crippen LogP contribution in [0.15, 0.2) is 30.7 Å². The Labute approximate surface area is 151 Å². The third kappa shape index (κ3) is 2.82. The average Bonchev–Trinajstić information content (AvgIpc) is 3.27. The molecule has 0 bridgehead atoms. The van der Waals surface area contributed by atoms with E-state index in [9.17, 15) is 4.79 Å². The molecule has 0 saturated carbocycles. The second kappa shape index (κ2) is 6.45. The van der Waals surface area contributed by atoms with Crippen LogP contribution in [0.2, 0.25) is 0 Å². The highest BCUT2D eigenvalue weighted by molar-refractivity contribution is 5.78. The number of aryl methyl sites for hydroxylation is 1. The Morgan fingerprint density at radius 2 is 2.27 bits per heavy atom. The Hall–Kier alpha value is -2.87. The van der Waals surface area contributed by atoms with Crippen molar-refractivity contribution in [2.75, 3.05) is 19.4 Å². The number of fused-ring (bicyclic) bond motifs is 1. The zero-order chi connectivity index (χ0) is 18.3. The van der Waals surface area contributed by atoms with Crippen LogP contribution in [0.25, 0.3) is 16.8 Å². The van der Waals surface area contributed by atoms with Crippen LogP contribution in [-0.4, -0.2) is 44.8 Å². The number of nitrogens with one attached hydrogen (secondary N) is 1. The molecule has 8 heteroatoms. The van der Waals surface area contributed by atoms with Gasteiger partial charge in [-0.1, -0.05) is 0 Å². The van der Waals surface area contributed by atoms with Gasteiger partial charge in [-0.2, -0.15) is 9.61 Å². The number of methoxy groups -OCH3 is 1. The van der Waals surface area contributed by atoms with Crippen LogP contribution in [0.5, 0.6) is 0 Å². The van der Waals surface area contributed by atoms with Gasteiger partial charge >= 0.3 is 5.97 Å². The van der Waals surface area contributed by atoms with E-state index >= 15 is 0 Å². The number of carbonyl (C=O) groups is 1. The van der Waals surface area contributed by atoms with Crippen molar-refractivity contribution in [2.24, 2.45) is 7.05 Å². The van der Waals surface area contributed by atoms with Gasteiger partial charge in [-0.15, -0.1) is 0 Å². The fraction of sp³-hybridized carbons (Fsp3) is 0.389. The summed E-state index contributed by atoms with van der Waals surface area (Å²) >= 11 is 0. The molecule has 4 heterocycles. The fourth-order valence-electron chi connectivity index (χ4n) is 3.53. The van der Waals surface area contributed by atoms with Crippen LogP contribution >= 0.6 is 0 Å². The molecule has 0 amide bonds. The van der Waals surface area contributed by atoms with E-state index in [2.05, 4.69) is 10.4 Å².